The van der Waals surface area contributed by atoms with E-state index in [0.717, 1.165) is 0 Å². The zero-order valence-corrected chi connectivity index (χ0v) is 8.17. The second kappa shape index (κ2) is 3.86. The van der Waals surface area contributed by atoms with E-state index in [0.29, 0.717) is 0 Å². The molecule has 15 heavy (non-hydrogen) atoms. The quantitative estimate of drug-likeness (QED) is 0.624. The highest BCUT2D eigenvalue weighted by molar-refractivity contribution is 5.91. The molecule has 0 saturated carbocycles. The molecule has 0 aliphatic heterocycles. The maximum atomic E-state index is 11.0. The lowest BCUT2D eigenvalue weighted by Gasteiger charge is -2.32. The molecule has 0 amide bonds. The third-order valence-electron chi connectivity index (χ3n) is 2.71. The molecule has 0 aromatic rings. The Kier molecular flexibility index (Phi) is 2.95. The van der Waals surface area contributed by atoms with Crippen molar-refractivity contribution in [2.45, 2.75) is 6.92 Å². The van der Waals surface area contributed by atoms with Gasteiger partial charge in [0.25, 0.3) is 0 Å². The van der Waals surface area contributed by atoms with Gasteiger partial charge in [0, 0.05) is 11.5 Å². The van der Waals surface area contributed by atoms with Gasteiger partial charge < -0.3 is 15.3 Å². The molecule has 0 spiro atoms. The van der Waals surface area contributed by atoms with Gasteiger partial charge in [-0.1, -0.05) is 18.2 Å². The first-order valence-electron chi connectivity index (χ1n) is 4.40. The van der Waals surface area contributed by atoms with Gasteiger partial charge in [-0.3, -0.25) is 4.79 Å². The molecule has 1 aliphatic rings. The van der Waals surface area contributed by atoms with E-state index >= 15 is 0 Å². The highest BCUT2D eigenvalue weighted by Crippen LogP contribution is 2.37. The summed E-state index contributed by atoms with van der Waals surface area (Å²) < 4.78 is 0. The van der Waals surface area contributed by atoms with E-state index in [1.807, 2.05) is 0 Å². The highest BCUT2D eigenvalue weighted by Gasteiger charge is 2.44. The average molecular weight is 212 g/mol. The molecule has 5 heteroatoms. The molecule has 82 valence electrons. The van der Waals surface area contributed by atoms with Gasteiger partial charge in [-0.05, 0) is 6.92 Å². The van der Waals surface area contributed by atoms with Crippen LogP contribution in [0.15, 0.2) is 23.8 Å². The second-order valence-electron chi connectivity index (χ2n) is 3.61. The van der Waals surface area contributed by atoms with Crippen molar-refractivity contribution in [3.63, 3.8) is 0 Å². The Morgan fingerprint density at radius 1 is 1.47 bits per heavy atom. The Bertz CT molecular complexity index is 355. The van der Waals surface area contributed by atoms with Crippen LogP contribution >= 0.6 is 0 Å². The van der Waals surface area contributed by atoms with Crippen molar-refractivity contribution in [3.05, 3.63) is 23.8 Å². The maximum absolute atomic E-state index is 11.0. The van der Waals surface area contributed by atoms with Crippen LogP contribution in [0.2, 0.25) is 0 Å². The zero-order chi connectivity index (χ0) is 11.6. The summed E-state index contributed by atoms with van der Waals surface area (Å²) in [6.45, 7) is 0.883. The summed E-state index contributed by atoms with van der Waals surface area (Å²) in [4.78, 5) is 21.9. The zero-order valence-electron chi connectivity index (χ0n) is 8.17. The smallest absolute Gasteiger partial charge is 0.331 e. The number of allylic oxidation sites excluding steroid dienone is 2. The Balaban J connectivity index is 3.18. The molecule has 2 atom stereocenters. The first-order chi connectivity index (χ1) is 6.93. The number of aliphatic carboxylic acids is 2. The van der Waals surface area contributed by atoms with Crippen LogP contribution in [-0.2, 0) is 9.59 Å². The Labute approximate surface area is 86.3 Å². The molecule has 0 heterocycles. The van der Waals surface area contributed by atoms with Crippen molar-refractivity contribution < 1.29 is 24.9 Å². The lowest BCUT2D eigenvalue weighted by molar-refractivity contribution is -0.148. The fourth-order valence-electron chi connectivity index (χ4n) is 1.64. The predicted octanol–water partition coefficient (Wildman–Crippen LogP) is 0.267. The molecule has 0 bridgehead atoms. The second-order valence-corrected chi connectivity index (χ2v) is 3.61. The van der Waals surface area contributed by atoms with E-state index in [2.05, 4.69) is 0 Å². The normalized spacial score (nSPS) is 29.7. The Hall–Kier alpha value is -1.62. The summed E-state index contributed by atoms with van der Waals surface area (Å²) in [6, 6.07) is 0. The van der Waals surface area contributed by atoms with Crippen molar-refractivity contribution in [3.8, 4) is 0 Å². The van der Waals surface area contributed by atoms with Crippen molar-refractivity contribution in [2.24, 2.45) is 11.3 Å². The van der Waals surface area contributed by atoms with Gasteiger partial charge in [-0.15, -0.1) is 0 Å². The molecule has 2 unspecified atom stereocenters. The minimum Gasteiger partial charge on any atom is -0.481 e. The first kappa shape index (κ1) is 11.5. The SMILES string of the molecule is CC1(C(=O)O)C=CC=C(C(=O)O)C1CO. The van der Waals surface area contributed by atoms with Crippen LogP contribution in [0.3, 0.4) is 0 Å². The van der Waals surface area contributed by atoms with E-state index in [9.17, 15) is 9.59 Å². The highest BCUT2D eigenvalue weighted by atomic mass is 16.4. The molecule has 0 fully saturated rings. The van der Waals surface area contributed by atoms with Crippen LogP contribution in [-0.4, -0.2) is 33.9 Å². The van der Waals surface area contributed by atoms with Gasteiger partial charge in [0.1, 0.15) is 0 Å². The predicted molar refractivity (Wildman–Crippen MR) is 51.2 cm³/mol. The van der Waals surface area contributed by atoms with Gasteiger partial charge in [0.15, 0.2) is 0 Å². The summed E-state index contributed by atoms with van der Waals surface area (Å²) in [6.07, 6.45) is 4.10. The lowest BCUT2D eigenvalue weighted by atomic mass is 9.71. The van der Waals surface area contributed by atoms with E-state index in [-0.39, 0.29) is 5.57 Å². The Morgan fingerprint density at radius 3 is 2.47 bits per heavy atom. The molecule has 0 radical (unpaired) electrons. The number of carboxylic acids is 2. The fraction of sp³-hybridized carbons (Fsp3) is 0.400. The molecule has 0 aromatic carbocycles. The first-order valence-corrected chi connectivity index (χ1v) is 4.40. The molecular weight excluding hydrogens is 200 g/mol. The third-order valence-corrected chi connectivity index (χ3v) is 2.71. The van der Waals surface area contributed by atoms with Crippen LogP contribution in [0.4, 0.5) is 0 Å². The summed E-state index contributed by atoms with van der Waals surface area (Å²) in [5.74, 6) is -3.27. The number of carboxylic acid groups (broad SMARTS) is 2. The lowest BCUT2D eigenvalue weighted by Crippen LogP contribution is -2.40. The van der Waals surface area contributed by atoms with Gasteiger partial charge in [0.05, 0.1) is 12.0 Å². The number of carbonyl (C=O) groups is 2. The monoisotopic (exact) mass is 212 g/mol. The maximum Gasteiger partial charge on any atom is 0.331 e. The number of aliphatic hydroxyl groups excluding tert-OH is 1. The minimum absolute atomic E-state index is 0.0788. The van der Waals surface area contributed by atoms with Crippen LogP contribution < -0.4 is 0 Å². The van der Waals surface area contributed by atoms with Crippen molar-refractivity contribution in [2.75, 3.05) is 6.61 Å². The molecular formula is C10H12O5. The summed E-state index contributed by atoms with van der Waals surface area (Å²) in [5, 5.41) is 27.0. The van der Waals surface area contributed by atoms with Gasteiger partial charge in [0.2, 0.25) is 0 Å². The minimum atomic E-state index is -1.36. The van der Waals surface area contributed by atoms with Crippen LogP contribution in [0.25, 0.3) is 0 Å². The van der Waals surface area contributed by atoms with Crippen molar-refractivity contribution >= 4 is 11.9 Å². The fourth-order valence-corrected chi connectivity index (χ4v) is 1.64. The van der Waals surface area contributed by atoms with E-state index in [4.69, 9.17) is 15.3 Å². The van der Waals surface area contributed by atoms with Crippen molar-refractivity contribution in [1.29, 1.82) is 0 Å². The summed E-state index contributed by atoms with van der Waals surface area (Å²) in [7, 11) is 0. The van der Waals surface area contributed by atoms with Crippen LogP contribution in [0, 0.1) is 11.3 Å². The van der Waals surface area contributed by atoms with Crippen molar-refractivity contribution in [1.82, 2.24) is 0 Å². The molecule has 0 aromatic heterocycles. The molecule has 5 nitrogen and oxygen atoms in total. The van der Waals surface area contributed by atoms with Crippen LogP contribution in [0.1, 0.15) is 6.92 Å². The number of aliphatic hydroxyl groups is 1. The summed E-state index contributed by atoms with van der Waals surface area (Å²) in [5.41, 5.74) is -1.44. The van der Waals surface area contributed by atoms with E-state index < -0.39 is 29.9 Å². The largest absolute Gasteiger partial charge is 0.481 e. The van der Waals surface area contributed by atoms with Gasteiger partial charge in [-0.2, -0.15) is 0 Å². The van der Waals surface area contributed by atoms with Gasteiger partial charge in [-0.25, -0.2) is 4.79 Å². The topological polar surface area (TPSA) is 94.8 Å². The molecule has 1 aliphatic carbocycles. The van der Waals surface area contributed by atoms with E-state index in [1.165, 1.54) is 25.2 Å². The molecule has 1 rings (SSSR count). The number of hydrogen-bond acceptors (Lipinski definition) is 3. The Morgan fingerprint density at radius 2 is 2.07 bits per heavy atom. The molecule has 0 saturated heterocycles. The standard InChI is InChI=1S/C10H12O5/c1-10(9(14)15)4-2-3-6(8(12)13)7(10)5-11/h2-4,7,11H,5H2,1H3,(H,12,13)(H,14,15). The number of hydrogen-bond donors (Lipinski definition) is 3. The summed E-state index contributed by atoms with van der Waals surface area (Å²) >= 11 is 0. The molecule has 3 N–H and O–H groups in total. The third kappa shape index (κ3) is 1.78. The van der Waals surface area contributed by atoms with Crippen LogP contribution in [0.5, 0.6) is 0 Å². The van der Waals surface area contributed by atoms with E-state index in [1.54, 1.807) is 0 Å². The number of rotatable bonds is 3. The average Bonchev–Trinajstić information content (AvgIpc) is 2.16. The van der Waals surface area contributed by atoms with Gasteiger partial charge >= 0.3 is 11.9 Å².